The number of hydrogen-bond acceptors (Lipinski definition) is 2. The average molecular weight is 415 g/mol. The fraction of sp³-hybridized carbons (Fsp3) is 0.267. The predicted molar refractivity (Wildman–Crippen MR) is 94.2 cm³/mol. The molecule has 21 heavy (non-hydrogen) atoms. The highest BCUT2D eigenvalue weighted by molar-refractivity contribution is 9.10. The minimum absolute atomic E-state index is 0.122. The summed E-state index contributed by atoms with van der Waals surface area (Å²) >= 11 is 6.85. The topological polar surface area (TPSA) is 37.3 Å². The van der Waals surface area contributed by atoms with Crippen LogP contribution in [0.15, 0.2) is 39.4 Å². The summed E-state index contributed by atoms with van der Waals surface area (Å²) in [4.78, 5) is 14.5. The number of aryl methyl sites for hydroxylation is 1. The van der Waals surface area contributed by atoms with Gasteiger partial charge in [-0.05, 0) is 47.1 Å². The lowest BCUT2D eigenvalue weighted by atomic mass is 10.2. The molecule has 0 spiro atoms. The highest BCUT2D eigenvalue weighted by Crippen LogP contribution is 2.28. The zero-order valence-corrected chi connectivity index (χ0v) is 15.3. The molecule has 0 saturated heterocycles. The van der Waals surface area contributed by atoms with Gasteiger partial charge in [-0.3, -0.25) is 4.79 Å². The molecule has 0 atom stereocenters. The van der Waals surface area contributed by atoms with Crippen molar-refractivity contribution in [3.05, 3.63) is 45.1 Å². The molecular formula is C15H17Br2N3O. The summed E-state index contributed by atoms with van der Waals surface area (Å²) in [5.41, 5.74) is 2.37. The molecule has 1 N–H and O–H groups in total. The van der Waals surface area contributed by atoms with Gasteiger partial charge in [0.1, 0.15) is 5.69 Å². The maximum Gasteiger partial charge on any atom is 0.272 e. The van der Waals surface area contributed by atoms with Gasteiger partial charge in [0.25, 0.3) is 5.91 Å². The van der Waals surface area contributed by atoms with Crippen molar-refractivity contribution in [2.45, 2.75) is 13.5 Å². The number of carbonyl (C=O) groups excluding carboxylic acids is 1. The molecule has 0 bridgehead atoms. The van der Waals surface area contributed by atoms with Crippen LogP contribution in [0.2, 0.25) is 0 Å². The molecule has 4 nitrogen and oxygen atoms in total. The van der Waals surface area contributed by atoms with Crippen LogP contribution in [0, 0.1) is 0 Å². The molecule has 2 rings (SSSR count). The van der Waals surface area contributed by atoms with E-state index in [4.69, 9.17) is 0 Å². The molecule has 0 fully saturated rings. The quantitative estimate of drug-likeness (QED) is 0.807. The molecule has 1 amide bonds. The van der Waals surface area contributed by atoms with E-state index in [2.05, 4.69) is 37.2 Å². The molecule has 0 unspecified atom stereocenters. The van der Waals surface area contributed by atoms with Crippen LogP contribution in [0.25, 0.3) is 0 Å². The fourth-order valence-corrected chi connectivity index (χ4v) is 2.94. The maximum absolute atomic E-state index is 12.5. The number of benzene rings is 1. The highest BCUT2D eigenvalue weighted by Gasteiger charge is 2.15. The lowest BCUT2D eigenvalue weighted by Gasteiger charge is -2.18. The molecule has 1 heterocycles. The van der Waals surface area contributed by atoms with Gasteiger partial charge in [-0.1, -0.05) is 15.9 Å². The number of hydrogen-bond donors (Lipinski definition) is 1. The van der Waals surface area contributed by atoms with Crippen LogP contribution in [0.3, 0.4) is 0 Å². The zero-order valence-electron chi connectivity index (χ0n) is 12.2. The number of nitrogens with one attached hydrogen (secondary N) is 1. The SMILES string of the molecule is CCn1cc(Br)cc1C(=O)Nc1cc(Br)ccc1N(C)C. The van der Waals surface area contributed by atoms with Crippen molar-refractivity contribution in [1.82, 2.24) is 4.57 Å². The van der Waals surface area contributed by atoms with E-state index in [1.807, 2.05) is 60.9 Å². The molecule has 2 aromatic rings. The summed E-state index contributed by atoms with van der Waals surface area (Å²) in [5, 5.41) is 2.98. The van der Waals surface area contributed by atoms with E-state index in [0.717, 1.165) is 26.9 Å². The van der Waals surface area contributed by atoms with Gasteiger partial charge in [-0.2, -0.15) is 0 Å². The van der Waals surface area contributed by atoms with Crippen LogP contribution in [0.1, 0.15) is 17.4 Å². The Labute approximate surface area is 141 Å². The molecule has 0 aliphatic heterocycles. The van der Waals surface area contributed by atoms with Crippen molar-refractivity contribution in [3.8, 4) is 0 Å². The Hall–Kier alpha value is -1.27. The minimum Gasteiger partial charge on any atom is -0.376 e. The summed E-state index contributed by atoms with van der Waals surface area (Å²) < 4.78 is 3.74. The van der Waals surface area contributed by atoms with Gasteiger partial charge in [0, 0.05) is 35.8 Å². The summed E-state index contributed by atoms with van der Waals surface area (Å²) in [6, 6.07) is 7.65. The van der Waals surface area contributed by atoms with Crippen LogP contribution < -0.4 is 10.2 Å². The second-order valence-corrected chi connectivity index (χ2v) is 6.67. The monoisotopic (exact) mass is 413 g/mol. The van der Waals surface area contributed by atoms with Crippen LogP contribution in [0.5, 0.6) is 0 Å². The van der Waals surface area contributed by atoms with E-state index in [1.54, 1.807) is 0 Å². The number of aromatic nitrogens is 1. The third-order valence-electron chi connectivity index (χ3n) is 3.13. The van der Waals surface area contributed by atoms with Crippen molar-refractivity contribution in [2.24, 2.45) is 0 Å². The lowest BCUT2D eigenvalue weighted by Crippen LogP contribution is -2.19. The van der Waals surface area contributed by atoms with E-state index in [9.17, 15) is 4.79 Å². The van der Waals surface area contributed by atoms with Crippen LogP contribution >= 0.6 is 31.9 Å². The van der Waals surface area contributed by atoms with Gasteiger partial charge in [0.05, 0.1) is 11.4 Å². The number of amides is 1. The first kappa shape index (κ1) is 16.1. The summed E-state index contributed by atoms with van der Waals surface area (Å²) in [7, 11) is 3.90. The van der Waals surface area contributed by atoms with Gasteiger partial charge >= 0.3 is 0 Å². The molecule has 0 saturated carbocycles. The van der Waals surface area contributed by atoms with Gasteiger partial charge < -0.3 is 14.8 Å². The third kappa shape index (κ3) is 3.68. The van der Waals surface area contributed by atoms with Crippen molar-refractivity contribution in [1.29, 1.82) is 0 Å². The highest BCUT2D eigenvalue weighted by atomic mass is 79.9. The largest absolute Gasteiger partial charge is 0.376 e. The van der Waals surface area contributed by atoms with Crippen LogP contribution in [0.4, 0.5) is 11.4 Å². The molecule has 6 heteroatoms. The zero-order chi connectivity index (χ0) is 15.6. The van der Waals surface area contributed by atoms with Crippen molar-refractivity contribution in [2.75, 3.05) is 24.3 Å². The Kier molecular flexibility index (Phi) is 5.11. The smallest absolute Gasteiger partial charge is 0.272 e. The van der Waals surface area contributed by atoms with Crippen LogP contribution in [-0.4, -0.2) is 24.6 Å². The Morgan fingerprint density at radius 1 is 1.24 bits per heavy atom. The number of carbonyl (C=O) groups is 1. The average Bonchev–Trinajstić information content (AvgIpc) is 2.79. The Morgan fingerprint density at radius 3 is 2.57 bits per heavy atom. The van der Waals surface area contributed by atoms with Gasteiger partial charge in [-0.25, -0.2) is 0 Å². The molecule has 0 radical (unpaired) electrons. The summed E-state index contributed by atoms with van der Waals surface area (Å²) in [6.45, 7) is 2.75. The van der Waals surface area contributed by atoms with E-state index in [1.165, 1.54) is 0 Å². The first-order chi connectivity index (χ1) is 9.92. The molecule has 0 aliphatic rings. The second-order valence-electron chi connectivity index (χ2n) is 4.84. The van der Waals surface area contributed by atoms with Crippen molar-refractivity contribution in [3.63, 3.8) is 0 Å². The summed E-state index contributed by atoms with van der Waals surface area (Å²) in [6.07, 6.45) is 1.91. The molecule has 1 aromatic heterocycles. The maximum atomic E-state index is 12.5. The lowest BCUT2D eigenvalue weighted by molar-refractivity contribution is 0.101. The van der Waals surface area contributed by atoms with E-state index in [-0.39, 0.29) is 5.91 Å². The number of anilines is 2. The fourth-order valence-electron chi connectivity index (χ4n) is 2.11. The molecular weight excluding hydrogens is 398 g/mol. The van der Waals surface area contributed by atoms with Crippen molar-refractivity contribution < 1.29 is 4.79 Å². The Bertz CT molecular complexity index is 665. The number of nitrogens with zero attached hydrogens (tertiary/aromatic N) is 2. The predicted octanol–water partition coefficient (Wildman–Crippen LogP) is 4.35. The molecule has 0 aliphatic carbocycles. The normalized spacial score (nSPS) is 10.5. The summed E-state index contributed by atoms with van der Waals surface area (Å²) in [5.74, 6) is -0.122. The Balaban J connectivity index is 2.33. The van der Waals surface area contributed by atoms with E-state index < -0.39 is 0 Å². The standard InChI is InChI=1S/C15H17Br2N3O/c1-4-20-9-11(17)8-14(20)15(21)18-12-7-10(16)5-6-13(12)19(2)3/h5-9H,4H2,1-3H3,(H,18,21). The number of halogens is 2. The molecule has 1 aromatic carbocycles. The van der Waals surface area contributed by atoms with Crippen LogP contribution in [-0.2, 0) is 6.54 Å². The second kappa shape index (κ2) is 6.66. The van der Waals surface area contributed by atoms with Gasteiger partial charge in [0.2, 0.25) is 0 Å². The van der Waals surface area contributed by atoms with Gasteiger partial charge in [0.15, 0.2) is 0 Å². The minimum atomic E-state index is -0.122. The number of rotatable bonds is 4. The third-order valence-corrected chi connectivity index (χ3v) is 4.05. The first-order valence-electron chi connectivity index (χ1n) is 6.56. The Morgan fingerprint density at radius 2 is 1.95 bits per heavy atom. The molecule has 112 valence electrons. The van der Waals surface area contributed by atoms with Gasteiger partial charge in [-0.15, -0.1) is 0 Å². The van der Waals surface area contributed by atoms with Crippen molar-refractivity contribution >= 4 is 49.1 Å². The first-order valence-corrected chi connectivity index (χ1v) is 8.15. The van der Waals surface area contributed by atoms with E-state index >= 15 is 0 Å². The van der Waals surface area contributed by atoms with E-state index in [0.29, 0.717) is 5.69 Å².